The summed E-state index contributed by atoms with van der Waals surface area (Å²) in [4.78, 5) is 6.25. The topological polar surface area (TPSA) is 76.6 Å². The van der Waals surface area contributed by atoms with Crippen LogP contribution in [0.1, 0.15) is 11.1 Å². The highest BCUT2D eigenvalue weighted by Gasteiger charge is 2.16. The molecule has 0 bridgehead atoms. The predicted molar refractivity (Wildman–Crippen MR) is 123 cm³/mol. The van der Waals surface area contributed by atoms with Gasteiger partial charge in [-0.15, -0.1) is 0 Å². The van der Waals surface area contributed by atoms with Crippen LogP contribution in [0.15, 0.2) is 35.3 Å². The Morgan fingerprint density at radius 1 is 0.969 bits per heavy atom. The number of ether oxygens (including phenoxy) is 4. The van der Waals surface area contributed by atoms with E-state index in [9.17, 15) is 4.39 Å². The fourth-order valence-corrected chi connectivity index (χ4v) is 3.55. The van der Waals surface area contributed by atoms with Crippen molar-refractivity contribution in [3.63, 3.8) is 0 Å². The molecule has 0 atom stereocenters. The van der Waals surface area contributed by atoms with Crippen molar-refractivity contribution in [3.05, 3.63) is 47.3 Å². The highest BCUT2D eigenvalue weighted by Crippen LogP contribution is 2.38. The maximum absolute atomic E-state index is 14.6. The van der Waals surface area contributed by atoms with Crippen molar-refractivity contribution in [2.24, 2.45) is 4.99 Å². The molecule has 1 saturated heterocycles. The highest BCUT2D eigenvalue weighted by atomic mass is 19.1. The molecule has 1 aliphatic rings. The van der Waals surface area contributed by atoms with Crippen molar-refractivity contribution in [1.82, 2.24) is 10.6 Å². The maximum atomic E-state index is 14.6. The Balaban J connectivity index is 1.59. The zero-order valence-electron chi connectivity index (χ0n) is 19.0. The van der Waals surface area contributed by atoms with Crippen molar-refractivity contribution in [3.8, 4) is 17.2 Å². The molecular weight excluding hydrogens is 415 g/mol. The lowest BCUT2D eigenvalue weighted by atomic mass is 10.1. The Labute approximate surface area is 188 Å². The van der Waals surface area contributed by atoms with E-state index in [4.69, 9.17) is 18.9 Å². The number of hydrogen-bond donors (Lipinski definition) is 2. The molecule has 0 aromatic heterocycles. The van der Waals surface area contributed by atoms with Crippen LogP contribution in [0.4, 0.5) is 10.1 Å². The average Bonchev–Trinajstić information content (AvgIpc) is 2.84. The second-order valence-electron chi connectivity index (χ2n) is 7.20. The van der Waals surface area contributed by atoms with Crippen LogP contribution in [0, 0.1) is 5.82 Å². The van der Waals surface area contributed by atoms with Gasteiger partial charge in [0.1, 0.15) is 5.82 Å². The van der Waals surface area contributed by atoms with Gasteiger partial charge < -0.3 is 34.5 Å². The summed E-state index contributed by atoms with van der Waals surface area (Å²) in [5.74, 6) is 2.08. The predicted octanol–water partition coefficient (Wildman–Crippen LogP) is 2.55. The number of anilines is 1. The van der Waals surface area contributed by atoms with Gasteiger partial charge in [0.15, 0.2) is 17.5 Å². The zero-order valence-corrected chi connectivity index (χ0v) is 19.0. The van der Waals surface area contributed by atoms with Crippen LogP contribution in [0.25, 0.3) is 0 Å². The first-order valence-electron chi connectivity index (χ1n) is 10.4. The smallest absolute Gasteiger partial charge is 0.203 e. The molecule has 2 aromatic carbocycles. The van der Waals surface area contributed by atoms with Crippen LogP contribution in [0.5, 0.6) is 17.2 Å². The van der Waals surface area contributed by atoms with Gasteiger partial charge >= 0.3 is 0 Å². The second-order valence-corrected chi connectivity index (χ2v) is 7.20. The summed E-state index contributed by atoms with van der Waals surface area (Å²) in [5.41, 5.74) is 2.38. The fourth-order valence-electron chi connectivity index (χ4n) is 3.55. The van der Waals surface area contributed by atoms with Gasteiger partial charge in [0.05, 0.1) is 40.2 Å². The molecule has 1 fully saturated rings. The number of methoxy groups -OCH3 is 3. The molecule has 3 rings (SSSR count). The van der Waals surface area contributed by atoms with Gasteiger partial charge in [-0.25, -0.2) is 4.39 Å². The number of nitrogens with zero attached hydrogens (tertiary/aromatic N) is 2. The molecule has 1 aliphatic heterocycles. The minimum Gasteiger partial charge on any atom is -0.493 e. The van der Waals surface area contributed by atoms with Crippen molar-refractivity contribution in [1.29, 1.82) is 0 Å². The van der Waals surface area contributed by atoms with Crippen LogP contribution in [-0.4, -0.2) is 60.6 Å². The van der Waals surface area contributed by atoms with Gasteiger partial charge in [-0.3, -0.25) is 4.99 Å². The number of halogens is 1. The second kappa shape index (κ2) is 11.4. The van der Waals surface area contributed by atoms with E-state index in [2.05, 4.69) is 15.6 Å². The molecule has 2 N–H and O–H groups in total. The van der Waals surface area contributed by atoms with Crippen molar-refractivity contribution >= 4 is 11.6 Å². The standard InChI is InChI=1S/C23H31FN4O4/c1-25-23(27-15-17-12-20(29-2)22(31-4)21(13-17)30-3)26-14-16-5-6-19(18(24)11-16)28-7-9-32-10-8-28/h5-6,11-13H,7-10,14-15H2,1-4H3,(H2,25,26,27). The van der Waals surface area contributed by atoms with E-state index in [0.29, 0.717) is 68.3 Å². The number of hydrogen-bond acceptors (Lipinski definition) is 6. The normalized spacial score (nSPS) is 14.2. The monoisotopic (exact) mass is 446 g/mol. The van der Waals surface area contributed by atoms with Gasteiger partial charge in [-0.2, -0.15) is 0 Å². The Kier molecular flexibility index (Phi) is 8.38. The van der Waals surface area contributed by atoms with E-state index in [1.165, 1.54) is 0 Å². The summed E-state index contributed by atoms with van der Waals surface area (Å²) >= 11 is 0. The molecule has 0 saturated carbocycles. The van der Waals surface area contributed by atoms with Gasteiger partial charge in [0.2, 0.25) is 5.75 Å². The minimum absolute atomic E-state index is 0.230. The van der Waals surface area contributed by atoms with Crippen molar-refractivity contribution in [2.75, 3.05) is 59.6 Å². The van der Waals surface area contributed by atoms with Crippen LogP contribution in [0.3, 0.4) is 0 Å². The first-order valence-corrected chi connectivity index (χ1v) is 10.4. The fraction of sp³-hybridized carbons (Fsp3) is 0.435. The Morgan fingerprint density at radius 2 is 1.59 bits per heavy atom. The van der Waals surface area contributed by atoms with E-state index in [1.807, 2.05) is 29.2 Å². The molecule has 8 nitrogen and oxygen atoms in total. The number of benzene rings is 2. The molecule has 0 radical (unpaired) electrons. The summed E-state index contributed by atoms with van der Waals surface area (Å²) in [6.07, 6.45) is 0. The van der Waals surface area contributed by atoms with E-state index in [0.717, 1.165) is 11.1 Å². The number of rotatable bonds is 8. The molecule has 1 heterocycles. The summed E-state index contributed by atoms with van der Waals surface area (Å²) in [5, 5.41) is 6.46. The third-order valence-corrected chi connectivity index (χ3v) is 5.23. The Hall–Kier alpha value is -3.20. The van der Waals surface area contributed by atoms with Crippen LogP contribution < -0.4 is 29.7 Å². The third-order valence-electron chi connectivity index (χ3n) is 5.23. The molecule has 0 unspecified atom stereocenters. The average molecular weight is 447 g/mol. The largest absolute Gasteiger partial charge is 0.493 e. The Bertz CT molecular complexity index is 907. The van der Waals surface area contributed by atoms with Gasteiger partial charge in [0.25, 0.3) is 0 Å². The molecule has 174 valence electrons. The summed E-state index contributed by atoms with van der Waals surface area (Å²) in [7, 11) is 6.42. The highest BCUT2D eigenvalue weighted by molar-refractivity contribution is 5.79. The first kappa shape index (κ1) is 23.5. The van der Waals surface area contributed by atoms with Crippen molar-refractivity contribution < 1.29 is 23.3 Å². The lowest BCUT2D eigenvalue weighted by Crippen LogP contribution is -2.37. The summed E-state index contributed by atoms with van der Waals surface area (Å²) in [6.45, 7) is 3.57. The summed E-state index contributed by atoms with van der Waals surface area (Å²) in [6, 6.07) is 9.06. The third kappa shape index (κ3) is 5.73. The molecule has 9 heteroatoms. The SMILES string of the molecule is CN=C(NCc1ccc(N2CCOCC2)c(F)c1)NCc1cc(OC)c(OC)c(OC)c1. The van der Waals surface area contributed by atoms with Gasteiger partial charge in [-0.05, 0) is 35.4 Å². The summed E-state index contributed by atoms with van der Waals surface area (Å²) < 4.78 is 36.1. The van der Waals surface area contributed by atoms with Crippen molar-refractivity contribution in [2.45, 2.75) is 13.1 Å². The molecule has 0 amide bonds. The lowest BCUT2D eigenvalue weighted by Gasteiger charge is -2.29. The van der Waals surface area contributed by atoms with E-state index < -0.39 is 0 Å². The van der Waals surface area contributed by atoms with E-state index in [-0.39, 0.29) is 5.82 Å². The number of guanidine groups is 1. The van der Waals surface area contributed by atoms with E-state index >= 15 is 0 Å². The quantitative estimate of drug-likeness (QED) is 0.477. The van der Waals surface area contributed by atoms with E-state index in [1.54, 1.807) is 34.4 Å². The molecule has 32 heavy (non-hydrogen) atoms. The van der Waals surface area contributed by atoms with Gasteiger partial charge in [-0.1, -0.05) is 6.07 Å². The molecule has 2 aromatic rings. The zero-order chi connectivity index (χ0) is 22.9. The number of aliphatic imine (C=N–C) groups is 1. The molecule has 0 aliphatic carbocycles. The van der Waals surface area contributed by atoms with Gasteiger partial charge in [0, 0.05) is 33.2 Å². The maximum Gasteiger partial charge on any atom is 0.203 e. The van der Waals surface area contributed by atoms with Crippen LogP contribution in [0.2, 0.25) is 0 Å². The number of nitrogens with one attached hydrogen (secondary N) is 2. The Morgan fingerprint density at radius 3 is 2.12 bits per heavy atom. The number of morpholine rings is 1. The molecular formula is C23H31FN4O4. The minimum atomic E-state index is -0.230. The van der Waals surface area contributed by atoms with Crippen LogP contribution in [-0.2, 0) is 17.8 Å². The first-order chi connectivity index (χ1) is 15.6. The lowest BCUT2D eigenvalue weighted by molar-refractivity contribution is 0.122. The molecule has 0 spiro atoms. The van der Waals surface area contributed by atoms with Crippen LogP contribution >= 0.6 is 0 Å².